The monoisotopic (exact) mass is 264 g/mol. The molecule has 4 heteroatoms. The second kappa shape index (κ2) is 4.42. The van der Waals surface area contributed by atoms with Crippen LogP contribution in [0.15, 0.2) is 42.7 Å². The van der Waals surface area contributed by atoms with Crippen molar-refractivity contribution in [1.82, 2.24) is 14.5 Å². The topological polar surface area (TPSA) is 56.7 Å². The number of imidazole rings is 1. The predicted octanol–water partition coefficient (Wildman–Crippen LogP) is 2.89. The third-order valence-electron chi connectivity index (χ3n) is 3.82. The standard InChI is InChI=1S/C16H16N4/c17-9-11-2-1-3-12(8-11)16-19-14-10-18-7-6-15(14)20(16)13-4-5-13/h1-3,6-8,10,13H,4-5,9,17H2. The molecule has 1 aromatic carbocycles. The Hall–Kier alpha value is -2.20. The molecule has 100 valence electrons. The zero-order valence-electron chi connectivity index (χ0n) is 11.2. The van der Waals surface area contributed by atoms with Gasteiger partial charge in [0.05, 0.1) is 11.7 Å². The summed E-state index contributed by atoms with van der Waals surface area (Å²) in [7, 11) is 0. The van der Waals surface area contributed by atoms with Gasteiger partial charge in [0.15, 0.2) is 0 Å². The molecule has 4 rings (SSSR count). The van der Waals surface area contributed by atoms with E-state index in [1.807, 2.05) is 18.5 Å². The highest BCUT2D eigenvalue weighted by atomic mass is 15.1. The molecule has 1 fully saturated rings. The summed E-state index contributed by atoms with van der Waals surface area (Å²) in [4.78, 5) is 8.96. The van der Waals surface area contributed by atoms with Crippen molar-refractivity contribution in [1.29, 1.82) is 0 Å². The summed E-state index contributed by atoms with van der Waals surface area (Å²) in [6, 6.07) is 11.0. The lowest BCUT2D eigenvalue weighted by atomic mass is 10.1. The van der Waals surface area contributed by atoms with E-state index in [1.54, 1.807) is 0 Å². The Morgan fingerprint density at radius 1 is 1.25 bits per heavy atom. The first kappa shape index (κ1) is 11.6. The van der Waals surface area contributed by atoms with Crippen molar-refractivity contribution in [3.05, 3.63) is 48.3 Å². The fourth-order valence-electron chi connectivity index (χ4n) is 2.69. The van der Waals surface area contributed by atoms with Gasteiger partial charge in [0.2, 0.25) is 0 Å². The third-order valence-corrected chi connectivity index (χ3v) is 3.82. The molecule has 1 aliphatic rings. The van der Waals surface area contributed by atoms with Gasteiger partial charge in [-0.1, -0.05) is 18.2 Å². The van der Waals surface area contributed by atoms with Gasteiger partial charge in [-0.15, -0.1) is 0 Å². The molecular weight excluding hydrogens is 248 g/mol. The van der Waals surface area contributed by atoms with Crippen LogP contribution in [0.4, 0.5) is 0 Å². The Morgan fingerprint density at radius 2 is 2.15 bits per heavy atom. The average Bonchev–Trinajstić information content (AvgIpc) is 3.27. The summed E-state index contributed by atoms with van der Waals surface area (Å²) >= 11 is 0. The van der Waals surface area contributed by atoms with Crippen LogP contribution in [0, 0.1) is 0 Å². The van der Waals surface area contributed by atoms with Crippen LogP contribution in [0.25, 0.3) is 22.4 Å². The molecule has 0 amide bonds. The fraction of sp³-hybridized carbons (Fsp3) is 0.250. The number of aromatic nitrogens is 3. The van der Waals surface area contributed by atoms with Crippen molar-refractivity contribution in [3.63, 3.8) is 0 Å². The molecule has 20 heavy (non-hydrogen) atoms. The normalized spacial score (nSPS) is 14.8. The van der Waals surface area contributed by atoms with Gasteiger partial charge in [-0.3, -0.25) is 4.98 Å². The van der Waals surface area contributed by atoms with E-state index in [2.05, 4.69) is 33.8 Å². The highest BCUT2D eigenvalue weighted by molar-refractivity contribution is 5.80. The van der Waals surface area contributed by atoms with Crippen molar-refractivity contribution >= 4 is 11.0 Å². The van der Waals surface area contributed by atoms with E-state index in [9.17, 15) is 0 Å². The van der Waals surface area contributed by atoms with Gasteiger partial charge in [-0.2, -0.15) is 0 Å². The number of pyridine rings is 1. The van der Waals surface area contributed by atoms with Crippen LogP contribution in [0.2, 0.25) is 0 Å². The highest BCUT2D eigenvalue weighted by Crippen LogP contribution is 2.41. The number of rotatable bonds is 3. The zero-order valence-corrected chi connectivity index (χ0v) is 11.2. The lowest BCUT2D eigenvalue weighted by Crippen LogP contribution is -1.99. The Labute approximate surface area is 117 Å². The zero-order chi connectivity index (χ0) is 13.5. The minimum atomic E-state index is 0.555. The molecule has 2 aromatic heterocycles. The van der Waals surface area contributed by atoms with Gasteiger partial charge >= 0.3 is 0 Å². The molecule has 0 bridgehead atoms. The minimum Gasteiger partial charge on any atom is -0.326 e. The fourth-order valence-corrected chi connectivity index (χ4v) is 2.69. The maximum Gasteiger partial charge on any atom is 0.141 e. The third kappa shape index (κ3) is 1.80. The lowest BCUT2D eigenvalue weighted by Gasteiger charge is -2.08. The largest absolute Gasteiger partial charge is 0.326 e. The van der Waals surface area contributed by atoms with Crippen LogP contribution in [0.1, 0.15) is 24.4 Å². The van der Waals surface area contributed by atoms with Crippen molar-refractivity contribution in [2.24, 2.45) is 5.73 Å². The summed E-state index contributed by atoms with van der Waals surface area (Å²) < 4.78 is 2.35. The van der Waals surface area contributed by atoms with Crippen LogP contribution in [0.3, 0.4) is 0 Å². The average molecular weight is 264 g/mol. The van der Waals surface area contributed by atoms with E-state index in [4.69, 9.17) is 10.7 Å². The van der Waals surface area contributed by atoms with Crippen LogP contribution in [0.5, 0.6) is 0 Å². The van der Waals surface area contributed by atoms with E-state index in [-0.39, 0.29) is 0 Å². The molecule has 0 aliphatic heterocycles. The minimum absolute atomic E-state index is 0.555. The number of fused-ring (bicyclic) bond motifs is 1. The van der Waals surface area contributed by atoms with E-state index in [0.717, 1.165) is 22.5 Å². The summed E-state index contributed by atoms with van der Waals surface area (Å²) in [5.74, 6) is 1.03. The van der Waals surface area contributed by atoms with Crippen molar-refractivity contribution in [2.45, 2.75) is 25.4 Å². The first-order chi connectivity index (χ1) is 9.86. The maximum atomic E-state index is 5.74. The summed E-state index contributed by atoms with van der Waals surface area (Å²) in [5, 5.41) is 0. The first-order valence-electron chi connectivity index (χ1n) is 6.98. The first-order valence-corrected chi connectivity index (χ1v) is 6.98. The highest BCUT2D eigenvalue weighted by Gasteiger charge is 2.28. The van der Waals surface area contributed by atoms with Gasteiger partial charge in [0, 0.05) is 24.3 Å². The van der Waals surface area contributed by atoms with Gasteiger partial charge in [0.25, 0.3) is 0 Å². The predicted molar refractivity (Wildman–Crippen MR) is 79.1 cm³/mol. The summed E-state index contributed by atoms with van der Waals surface area (Å²) in [5.41, 5.74) is 10.2. The molecule has 0 unspecified atom stereocenters. The number of nitrogens with two attached hydrogens (primary N) is 1. The molecule has 1 aliphatic carbocycles. The SMILES string of the molecule is NCc1cccc(-c2nc3cnccc3n2C2CC2)c1. The molecule has 0 radical (unpaired) electrons. The van der Waals surface area contributed by atoms with E-state index >= 15 is 0 Å². The molecule has 0 saturated heterocycles. The quantitative estimate of drug-likeness (QED) is 0.791. The van der Waals surface area contributed by atoms with E-state index < -0.39 is 0 Å². The molecular formula is C16H16N4. The number of benzene rings is 1. The molecule has 0 atom stereocenters. The second-order valence-electron chi connectivity index (χ2n) is 5.31. The smallest absolute Gasteiger partial charge is 0.141 e. The molecule has 2 N–H and O–H groups in total. The number of hydrogen-bond acceptors (Lipinski definition) is 3. The molecule has 1 saturated carbocycles. The van der Waals surface area contributed by atoms with Gasteiger partial charge in [-0.05, 0) is 30.5 Å². The Balaban J connectivity index is 1.96. The van der Waals surface area contributed by atoms with Gasteiger partial charge in [-0.25, -0.2) is 4.98 Å². The van der Waals surface area contributed by atoms with Gasteiger partial charge < -0.3 is 10.3 Å². The van der Waals surface area contributed by atoms with Crippen LogP contribution < -0.4 is 5.73 Å². The van der Waals surface area contributed by atoms with Crippen molar-refractivity contribution in [2.75, 3.05) is 0 Å². The Morgan fingerprint density at radius 3 is 2.95 bits per heavy atom. The van der Waals surface area contributed by atoms with Crippen molar-refractivity contribution < 1.29 is 0 Å². The summed E-state index contributed by atoms with van der Waals surface area (Å²) in [6.07, 6.45) is 6.14. The van der Waals surface area contributed by atoms with Gasteiger partial charge in [0.1, 0.15) is 11.3 Å². The number of hydrogen-bond donors (Lipinski definition) is 1. The van der Waals surface area contributed by atoms with E-state index in [1.165, 1.54) is 18.4 Å². The van der Waals surface area contributed by atoms with Crippen LogP contribution in [-0.4, -0.2) is 14.5 Å². The van der Waals surface area contributed by atoms with E-state index in [0.29, 0.717) is 12.6 Å². The molecule has 2 heterocycles. The second-order valence-corrected chi connectivity index (χ2v) is 5.31. The number of nitrogens with zero attached hydrogens (tertiary/aromatic N) is 3. The van der Waals surface area contributed by atoms with Crippen molar-refractivity contribution in [3.8, 4) is 11.4 Å². The molecule has 4 nitrogen and oxygen atoms in total. The lowest BCUT2D eigenvalue weighted by molar-refractivity contribution is 0.775. The molecule has 3 aromatic rings. The Bertz CT molecular complexity index is 771. The van der Waals surface area contributed by atoms with Crippen LogP contribution in [-0.2, 0) is 6.54 Å². The van der Waals surface area contributed by atoms with Crippen LogP contribution >= 0.6 is 0 Å². The summed E-state index contributed by atoms with van der Waals surface area (Å²) in [6.45, 7) is 0.555. The molecule has 0 spiro atoms. The Kier molecular flexibility index (Phi) is 2.57. The maximum absolute atomic E-state index is 5.74.